The van der Waals surface area contributed by atoms with Crippen LogP contribution in [-0.2, 0) is 0 Å². The van der Waals surface area contributed by atoms with Gasteiger partial charge in [-0.05, 0) is 0 Å². The van der Waals surface area contributed by atoms with Crippen LogP contribution in [0, 0.1) is 6.92 Å². The molecule has 0 atom stereocenters. The van der Waals surface area contributed by atoms with Crippen LogP contribution in [-0.4, -0.2) is 13.3 Å². The third kappa shape index (κ3) is 1.75. The number of aryl methyl sites for hydroxylation is 1. The predicted molar refractivity (Wildman–Crippen MR) is 69.5 cm³/mol. The van der Waals surface area contributed by atoms with E-state index in [1.54, 1.807) is 11.3 Å². The predicted octanol–water partition coefficient (Wildman–Crippen LogP) is 3.75. The summed E-state index contributed by atoms with van der Waals surface area (Å²) in [6.45, 7) is 2.05. The number of thiophene rings is 1. The molecule has 0 radical (unpaired) electrons. The van der Waals surface area contributed by atoms with E-state index in [0.29, 0.717) is 0 Å². The molecule has 2 rings (SSSR count). The number of benzene rings is 1. The van der Waals surface area contributed by atoms with E-state index in [1.807, 2.05) is 6.92 Å². The fourth-order valence-electron chi connectivity index (χ4n) is 1.74. The van der Waals surface area contributed by atoms with Crippen LogP contribution in [0.4, 0.5) is 0 Å². The second-order valence-electron chi connectivity index (χ2n) is 4.71. The summed E-state index contributed by atoms with van der Waals surface area (Å²) in [5.41, 5.74) is 0. The van der Waals surface area contributed by atoms with Gasteiger partial charge in [0.1, 0.15) is 0 Å². The molecule has 2 aromatic rings. The van der Waals surface area contributed by atoms with Gasteiger partial charge >= 0.3 is 93.8 Å². The fourth-order valence-corrected chi connectivity index (χ4v) is 6.06. The first kappa shape index (κ1) is 8.99. The average molecular weight is 266 g/mol. The van der Waals surface area contributed by atoms with Crippen LogP contribution in [0.2, 0.25) is 17.3 Å². The molecule has 0 saturated heterocycles. The van der Waals surface area contributed by atoms with Crippen LogP contribution in [0.25, 0.3) is 10.1 Å². The zero-order chi connectivity index (χ0) is 11.2. The van der Waals surface area contributed by atoms with E-state index in [9.17, 15) is 0 Å². The van der Waals surface area contributed by atoms with Gasteiger partial charge in [-0.15, -0.1) is 0 Å². The van der Waals surface area contributed by atoms with Crippen LogP contribution >= 0.6 is 11.3 Å². The van der Waals surface area contributed by atoms with Gasteiger partial charge in [0.05, 0.1) is 0 Å². The van der Waals surface area contributed by atoms with Crippen LogP contribution in [0.15, 0.2) is 24.2 Å². The van der Waals surface area contributed by atoms with Gasteiger partial charge in [0.15, 0.2) is 0 Å². The van der Waals surface area contributed by atoms with Crippen molar-refractivity contribution in [1.82, 2.24) is 0 Å². The summed E-state index contributed by atoms with van der Waals surface area (Å²) < 4.78 is 10.9. The van der Waals surface area contributed by atoms with E-state index < -0.39 is 13.3 Å². The SMILES string of the molecule is [2H]c1c(C)sc2ccc[c]([Ge]([CH3])([CH3])[CH3])c12. The molecule has 0 bridgehead atoms. The number of hydrogen-bond donors (Lipinski definition) is 0. The minimum atomic E-state index is -1.83. The van der Waals surface area contributed by atoms with Crippen molar-refractivity contribution >= 4 is 39.1 Å². The maximum atomic E-state index is 8.13. The quantitative estimate of drug-likeness (QED) is 0.689. The Labute approximate surface area is 93.7 Å². The molecule has 1 aromatic carbocycles. The molecule has 0 saturated carbocycles. The number of hydrogen-bond acceptors (Lipinski definition) is 1. The Bertz CT molecular complexity index is 508. The van der Waals surface area contributed by atoms with Crippen molar-refractivity contribution in [2.75, 3.05) is 0 Å². The summed E-state index contributed by atoms with van der Waals surface area (Å²) >= 11 is -0.0827. The third-order valence-electron chi connectivity index (χ3n) is 2.40. The number of rotatable bonds is 1. The summed E-state index contributed by atoms with van der Waals surface area (Å²) in [5.74, 6) is 7.17. The summed E-state index contributed by atoms with van der Waals surface area (Å²) in [5, 5.41) is 1.23. The van der Waals surface area contributed by atoms with Gasteiger partial charge in [0.25, 0.3) is 0 Å². The molecule has 74 valence electrons. The van der Waals surface area contributed by atoms with Gasteiger partial charge in [-0.25, -0.2) is 0 Å². The molecule has 0 spiro atoms. The fraction of sp³-hybridized carbons (Fsp3) is 0.333. The number of fused-ring (bicyclic) bond motifs is 1. The van der Waals surface area contributed by atoms with Crippen molar-refractivity contribution in [3.8, 4) is 0 Å². The summed E-state index contributed by atoms with van der Waals surface area (Å²) in [7, 11) is 0. The normalized spacial score (nSPS) is 13.3. The Kier molecular flexibility index (Phi) is 2.17. The van der Waals surface area contributed by atoms with E-state index in [-0.39, 0.29) is 0 Å². The van der Waals surface area contributed by atoms with E-state index >= 15 is 0 Å². The molecule has 0 amide bonds. The molecule has 2 heteroatoms. The molecule has 1 heterocycles. The molecule has 1 aromatic heterocycles. The zero-order valence-corrected chi connectivity index (χ0v) is 12.1. The van der Waals surface area contributed by atoms with Crippen molar-refractivity contribution < 1.29 is 1.37 Å². The second-order valence-corrected chi connectivity index (χ2v) is 16.5. The molecule has 0 aliphatic rings. The van der Waals surface area contributed by atoms with E-state index in [2.05, 4.69) is 35.5 Å². The standard InChI is InChI=1S/C12H16GeS/c1-9-8-10-11(13(2,3)4)6-5-7-12(10)14-9/h5-8H,1-4H3/i8D. The average Bonchev–Trinajstić information content (AvgIpc) is 2.41. The Balaban J connectivity index is 2.86. The Morgan fingerprint density at radius 3 is 2.64 bits per heavy atom. The third-order valence-corrected chi connectivity index (χ3v) is 7.63. The molecule has 0 fully saturated rings. The van der Waals surface area contributed by atoms with Crippen LogP contribution < -0.4 is 4.40 Å². The molecule has 14 heavy (non-hydrogen) atoms. The molecule has 0 aliphatic heterocycles. The Morgan fingerprint density at radius 1 is 1.29 bits per heavy atom. The van der Waals surface area contributed by atoms with Crippen molar-refractivity contribution in [3.63, 3.8) is 0 Å². The second kappa shape index (κ2) is 3.39. The monoisotopic (exact) mass is 267 g/mol. The van der Waals surface area contributed by atoms with E-state index in [4.69, 9.17) is 1.37 Å². The molecular weight excluding hydrogens is 249 g/mol. The van der Waals surface area contributed by atoms with Gasteiger partial charge in [0.2, 0.25) is 0 Å². The van der Waals surface area contributed by atoms with Gasteiger partial charge in [0, 0.05) is 0 Å². The summed E-state index contributed by atoms with van der Waals surface area (Å²) in [4.78, 5) is 1.14. The first-order chi connectivity index (χ1) is 6.91. The molecule has 0 nitrogen and oxygen atoms in total. The van der Waals surface area contributed by atoms with Crippen LogP contribution in [0.1, 0.15) is 6.25 Å². The first-order valence-corrected chi connectivity index (χ1v) is 13.1. The maximum absolute atomic E-state index is 8.13. The molecule has 0 unspecified atom stereocenters. The van der Waals surface area contributed by atoms with E-state index in [0.717, 1.165) is 10.9 Å². The summed E-state index contributed by atoms with van der Waals surface area (Å²) in [6.07, 6.45) is 0. The van der Waals surface area contributed by atoms with Crippen LogP contribution in [0.3, 0.4) is 0 Å². The molecule has 0 aliphatic carbocycles. The van der Waals surface area contributed by atoms with Gasteiger partial charge in [-0.2, -0.15) is 0 Å². The van der Waals surface area contributed by atoms with Crippen molar-refractivity contribution in [3.05, 3.63) is 29.1 Å². The minimum absolute atomic E-state index is 0.756. The molecule has 0 N–H and O–H groups in total. The van der Waals surface area contributed by atoms with Gasteiger partial charge < -0.3 is 0 Å². The van der Waals surface area contributed by atoms with E-state index in [1.165, 1.54) is 14.5 Å². The Morgan fingerprint density at radius 2 is 2.00 bits per heavy atom. The zero-order valence-electron chi connectivity index (χ0n) is 10.1. The van der Waals surface area contributed by atoms with Gasteiger partial charge in [-0.1, -0.05) is 0 Å². The molecular formula is C12H16GeS. The summed E-state index contributed by atoms with van der Waals surface area (Å²) in [6, 6.07) is 7.27. The topological polar surface area (TPSA) is 0 Å². The van der Waals surface area contributed by atoms with Gasteiger partial charge in [-0.3, -0.25) is 0 Å². The van der Waals surface area contributed by atoms with Crippen LogP contribution in [0.5, 0.6) is 0 Å². The Hall–Kier alpha value is -0.277. The van der Waals surface area contributed by atoms with Crippen molar-refractivity contribution in [2.24, 2.45) is 0 Å². The first-order valence-electron chi connectivity index (χ1n) is 5.40. The van der Waals surface area contributed by atoms with Crippen molar-refractivity contribution in [1.29, 1.82) is 0 Å². The van der Waals surface area contributed by atoms with Crippen molar-refractivity contribution in [2.45, 2.75) is 24.2 Å².